The summed E-state index contributed by atoms with van der Waals surface area (Å²) in [7, 11) is 1.54. The minimum atomic E-state index is -0.715. The van der Waals surface area contributed by atoms with Gasteiger partial charge in [0.25, 0.3) is 0 Å². The van der Waals surface area contributed by atoms with Crippen molar-refractivity contribution in [2.45, 2.75) is 49.4 Å². The molecule has 3 nitrogen and oxygen atoms in total. The second kappa shape index (κ2) is 5.41. The molecule has 4 heteroatoms. The number of methoxy groups -OCH3 is 1. The Morgan fingerprint density at radius 1 is 1.25 bits per heavy atom. The van der Waals surface area contributed by atoms with Gasteiger partial charge in [0.15, 0.2) is 6.29 Å². The SMILES string of the molecule is COC(O)CC12CCC(c3ccc(Br)cc3)(CC1)CO2. The average molecular weight is 341 g/mol. The van der Waals surface area contributed by atoms with Crippen molar-refractivity contribution in [2.24, 2.45) is 0 Å². The van der Waals surface area contributed by atoms with Gasteiger partial charge in [-0.1, -0.05) is 28.1 Å². The predicted molar refractivity (Wildman–Crippen MR) is 80.6 cm³/mol. The number of hydrogen-bond acceptors (Lipinski definition) is 3. The summed E-state index contributed by atoms with van der Waals surface area (Å²) >= 11 is 3.49. The van der Waals surface area contributed by atoms with Gasteiger partial charge in [-0.05, 0) is 43.4 Å². The van der Waals surface area contributed by atoms with E-state index in [1.807, 2.05) is 0 Å². The minimum absolute atomic E-state index is 0.167. The summed E-state index contributed by atoms with van der Waals surface area (Å²) in [4.78, 5) is 0. The van der Waals surface area contributed by atoms with E-state index in [2.05, 4.69) is 40.2 Å². The van der Waals surface area contributed by atoms with Gasteiger partial charge in [-0.25, -0.2) is 0 Å². The first-order chi connectivity index (χ1) is 9.57. The van der Waals surface area contributed by atoms with Crippen LogP contribution in [-0.2, 0) is 14.9 Å². The third kappa shape index (κ3) is 2.54. The van der Waals surface area contributed by atoms with E-state index in [-0.39, 0.29) is 11.0 Å². The second-order valence-corrected chi connectivity index (χ2v) is 7.07. The van der Waals surface area contributed by atoms with Crippen LogP contribution >= 0.6 is 15.9 Å². The standard InChI is InChI=1S/C16H21BrO3/c1-19-14(18)10-16-8-6-15(7-9-16,11-20-16)12-2-4-13(17)5-3-12/h2-5,14,18H,6-11H2,1H3. The molecule has 3 aliphatic rings. The molecule has 3 fully saturated rings. The van der Waals surface area contributed by atoms with E-state index in [1.165, 1.54) is 5.56 Å². The highest BCUT2D eigenvalue weighted by Gasteiger charge is 2.51. The lowest BCUT2D eigenvalue weighted by Gasteiger charge is -2.54. The number of hydrogen-bond donors (Lipinski definition) is 1. The molecule has 2 saturated heterocycles. The lowest BCUT2D eigenvalue weighted by molar-refractivity contribution is -0.199. The molecule has 1 aromatic carbocycles. The van der Waals surface area contributed by atoms with Crippen LogP contribution in [0.25, 0.3) is 0 Å². The van der Waals surface area contributed by atoms with Crippen molar-refractivity contribution in [1.29, 1.82) is 0 Å². The van der Waals surface area contributed by atoms with E-state index < -0.39 is 6.29 Å². The largest absolute Gasteiger partial charge is 0.374 e. The normalized spacial score (nSPS) is 34.1. The van der Waals surface area contributed by atoms with Crippen molar-refractivity contribution < 1.29 is 14.6 Å². The summed E-state index contributed by atoms with van der Waals surface area (Å²) in [6.07, 6.45) is 4.14. The monoisotopic (exact) mass is 340 g/mol. The molecule has 4 rings (SSSR count). The molecule has 20 heavy (non-hydrogen) atoms. The van der Waals surface area contributed by atoms with Crippen LogP contribution in [-0.4, -0.2) is 30.7 Å². The van der Waals surface area contributed by atoms with Crippen LogP contribution in [0, 0.1) is 0 Å². The lowest BCUT2D eigenvalue weighted by Crippen LogP contribution is -2.54. The van der Waals surface area contributed by atoms with Crippen molar-refractivity contribution in [2.75, 3.05) is 13.7 Å². The van der Waals surface area contributed by atoms with Crippen LogP contribution in [0.15, 0.2) is 28.7 Å². The number of benzene rings is 1. The van der Waals surface area contributed by atoms with Crippen LogP contribution < -0.4 is 0 Å². The minimum Gasteiger partial charge on any atom is -0.374 e. The first kappa shape index (κ1) is 14.5. The summed E-state index contributed by atoms with van der Waals surface area (Å²) < 4.78 is 12.3. The Bertz CT molecular complexity index is 447. The Morgan fingerprint density at radius 3 is 2.40 bits per heavy atom. The molecule has 1 N–H and O–H groups in total. The Morgan fingerprint density at radius 2 is 1.90 bits per heavy atom. The summed E-state index contributed by atoms with van der Waals surface area (Å²) in [5.74, 6) is 0. The fourth-order valence-electron chi connectivity index (χ4n) is 3.60. The number of halogens is 1. The molecule has 1 aromatic rings. The number of fused-ring (bicyclic) bond motifs is 3. The van der Waals surface area contributed by atoms with Gasteiger partial charge in [0.2, 0.25) is 0 Å². The van der Waals surface area contributed by atoms with Gasteiger partial charge in [-0.15, -0.1) is 0 Å². The van der Waals surface area contributed by atoms with Gasteiger partial charge in [-0.3, -0.25) is 0 Å². The lowest BCUT2D eigenvalue weighted by atomic mass is 9.62. The quantitative estimate of drug-likeness (QED) is 0.854. The van der Waals surface area contributed by atoms with Gasteiger partial charge in [0.1, 0.15) is 0 Å². The highest BCUT2D eigenvalue weighted by molar-refractivity contribution is 9.10. The fourth-order valence-corrected chi connectivity index (χ4v) is 3.87. The van der Waals surface area contributed by atoms with E-state index >= 15 is 0 Å². The van der Waals surface area contributed by atoms with Gasteiger partial charge in [0.05, 0.1) is 12.2 Å². The van der Waals surface area contributed by atoms with Crippen molar-refractivity contribution in [3.05, 3.63) is 34.3 Å². The summed E-state index contributed by atoms with van der Waals surface area (Å²) in [6.45, 7) is 0.755. The van der Waals surface area contributed by atoms with Crippen LogP contribution in [0.3, 0.4) is 0 Å². The molecule has 0 aromatic heterocycles. The molecular weight excluding hydrogens is 320 g/mol. The molecular formula is C16H21BrO3. The average Bonchev–Trinajstić information content (AvgIpc) is 2.49. The van der Waals surface area contributed by atoms with Gasteiger partial charge in [-0.2, -0.15) is 0 Å². The molecule has 2 aliphatic heterocycles. The van der Waals surface area contributed by atoms with Crippen LogP contribution in [0.5, 0.6) is 0 Å². The third-order valence-corrected chi connectivity index (χ3v) is 5.58. The Balaban J connectivity index is 1.75. The molecule has 0 amide bonds. The number of rotatable bonds is 4. The van der Waals surface area contributed by atoms with E-state index in [9.17, 15) is 5.11 Å². The number of aliphatic hydroxyl groups excluding tert-OH is 1. The van der Waals surface area contributed by atoms with Crippen LogP contribution in [0.2, 0.25) is 0 Å². The molecule has 0 spiro atoms. The van der Waals surface area contributed by atoms with Gasteiger partial charge in [0, 0.05) is 23.4 Å². The number of ether oxygens (including phenoxy) is 2. The first-order valence-electron chi connectivity index (χ1n) is 7.18. The summed E-state index contributed by atoms with van der Waals surface area (Å²) in [6, 6.07) is 8.62. The zero-order valence-electron chi connectivity index (χ0n) is 11.8. The molecule has 110 valence electrons. The zero-order valence-corrected chi connectivity index (χ0v) is 13.4. The Labute approximate surface area is 128 Å². The topological polar surface area (TPSA) is 38.7 Å². The van der Waals surface area contributed by atoms with Crippen LogP contribution in [0.1, 0.15) is 37.7 Å². The highest BCUT2D eigenvalue weighted by Crippen LogP contribution is 2.51. The maximum atomic E-state index is 9.73. The maximum Gasteiger partial charge on any atom is 0.156 e. The molecule has 2 heterocycles. The smallest absolute Gasteiger partial charge is 0.156 e. The predicted octanol–water partition coefficient (Wildman–Crippen LogP) is 3.38. The fraction of sp³-hybridized carbons (Fsp3) is 0.625. The van der Waals surface area contributed by atoms with Crippen molar-refractivity contribution in [1.82, 2.24) is 0 Å². The maximum absolute atomic E-state index is 9.73. The number of aliphatic hydroxyl groups is 1. The van der Waals surface area contributed by atoms with E-state index in [0.29, 0.717) is 6.42 Å². The molecule has 0 radical (unpaired) electrons. The van der Waals surface area contributed by atoms with Crippen molar-refractivity contribution >= 4 is 15.9 Å². The summed E-state index contributed by atoms with van der Waals surface area (Å²) in [5, 5.41) is 9.73. The molecule has 1 aliphatic carbocycles. The first-order valence-corrected chi connectivity index (χ1v) is 7.98. The third-order valence-electron chi connectivity index (χ3n) is 5.05. The molecule has 1 atom stereocenters. The Hall–Kier alpha value is -0.420. The zero-order chi connectivity index (χ0) is 14.2. The highest BCUT2D eigenvalue weighted by atomic mass is 79.9. The van der Waals surface area contributed by atoms with Crippen molar-refractivity contribution in [3.8, 4) is 0 Å². The van der Waals surface area contributed by atoms with E-state index in [4.69, 9.17) is 9.47 Å². The van der Waals surface area contributed by atoms with Gasteiger partial charge < -0.3 is 14.6 Å². The Kier molecular flexibility index (Phi) is 3.93. The molecule has 2 bridgehead atoms. The second-order valence-electron chi connectivity index (χ2n) is 6.15. The van der Waals surface area contributed by atoms with Gasteiger partial charge >= 0.3 is 0 Å². The van der Waals surface area contributed by atoms with E-state index in [0.717, 1.165) is 36.8 Å². The molecule has 1 saturated carbocycles. The van der Waals surface area contributed by atoms with E-state index in [1.54, 1.807) is 7.11 Å². The molecule has 1 unspecified atom stereocenters. The van der Waals surface area contributed by atoms with Crippen molar-refractivity contribution in [3.63, 3.8) is 0 Å². The van der Waals surface area contributed by atoms with Crippen LogP contribution in [0.4, 0.5) is 0 Å². The summed E-state index contributed by atoms with van der Waals surface area (Å²) in [5.41, 5.74) is 1.37.